The predicted molar refractivity (Wildman–Crippen MR) is 158 cm³/mol. The third-order valence-electron chi connectivity index (χ3n) is 5.51. The van der Waals surface area contributed by atoms with Crippen LogP contribution in [-0.2, 0) is 4.79 Å². The van der Waals surface area contributed by atoms with E-state index in [0.29, 0.717) is 17.4 Å². The van der Waals surface area contributed by atoms with E-state index in [0.717, 1.165) is 46.0 Å². The van der Waals surface area contributed by atoms with Crippen LogP contribution in [-0.4, -0.2) is 34.1 Å². The lowest BCUT2D eigenvalue weighted by Crippen LogP contribution is -2.16. The number of alkyl halides is 2. The highest BCUT2D eigenvalue weighted by atomic mass is 19.3. The number of benzene rings is 2. The molecule has 2 aromatic carbocycles. The van der Waals surface area contributed by atoms with Gasteiger partial charge in [-0.2, -0.15) is 5.10 Å². The number of fused-ring (bicyclic) bond motifs is 1. The molecule has 0 radical (unpaired) electrons. The topological polar surface area (TPSA) is 130 Å². The van der Waals surface area contributed by atoms with Crippen molar-refractivity contribution in [1.82, 2.24) is 9.97 Å². The molecule has 0 saturated heterocycles. The number of hydrogen-bond acceptors (Lipinski definition) is 8. The van der Waals surface area contributed by atoms with E-state index in [1.807, 2.05) is 69.3 Å². The zero-order valence-corrected chi connectivity index (χ0v) is 23.4. The van der Waals surface area contributed by atoms with E-state index in [1.165, 1.54) is 13.8 Å². The number of aryl methyl sites for hydroxylation is 1. The standard InChI is InChI=1S/C21H18N6O.C7H14F2.C2H4O/c1-13-10-15-2-3-16(11-19(15)28-13)21-24-9-8-20(26-21)25-17-6-4-14(5-7-17)18(12-22)27-23;1-4-7(8,9)5-6(2)3;1-2-3/h2-12,22H,23H2,1H3,(H,24,25,26);6H,4-5H2,1-3H3;2H,1H3/b22-12?,27-18+;;. The summed E-state index contributed by atoms with van der Waals surface area (Å²) >= 11 is 0. The minimum Gasteiger partial charge on any atom is -0.461 e. The van der Waals surface area contributed by atoms with Crippen molar-refractivity contribution in [3.63, 3.8) is 0 Å². The van der Waals surface area contributed by atoms with Gasteiger partial charge in [0.25, 0.3) is 0 Å². The van der Waals surface area contributed by atoms with E-state index >= 15 is 0 Å². The summed E-state index contributed by atoms with van der Waals surface area (Å²) in [6, 6.07) is 17.2. The number of carbonyl (C=O) groups excluding carboxylic acids is 1. The number of anilines is 2. The van der Waals surface area contributed by atoms with Crippen LogP contribution < -0.4 is 11.2 Å². The summed E-state index contributed by atoms with van der Waals surface area (Å²) in [5, 5.41) is 15.2. The lowest BCUT2D eigenvalue weighted by atomic mass is 10.0. The summed E-state index contributed by atoms with van der Waals surface area (Å²) in [5.41, 5.74) is 3.74. The molecule has 0 saturated carbocycles. The monoisotopic (exact) mass is 550 g/mol. The molecule has 4 N–H and O–H groups in total. The van der Waals surface area contributed by atoms with Crippen molar-refractivity contribution in [2.24, 2.45) is 16.9 Å². The first-order valence-electron chi connectivity index (χ1n) is 12.8. The third kappa shape index (κ3) is 9.68. The molecule has 0 unspecified atom stereocenters. The molecular weight excluding hydrogens is 514 g/mol. The van der Waals surface area contributed by atoms with Gasteiger partial charge < -0.3 is 25.8 Å². The Hall–Kier alpha value is -4.47. The first-order valence-corrected chi connectivity index (χ1v) is 12.8. The summed E-state index contributed by atoms with van der Waals surface area (Å²) in [5.74, 6) is 5.10. The molecule has 0 aliphatic carbocycles. The fourth-order valence-corrected chi connectivity index (χ4v) is 3.68. The van der Waals surface area contributed by atoms with Crippen molar-refractivity contribution in [2.75, 3.05) is 5.32 Å². The highest BCUT2D eigenvalue weighted by Crippen LogP contribution is 2.27. The molecule has 40 heavy (non-hydrogen) atoms. The number of aldehydes is 1. The average Bonchev–Trinajstić information content (AvgIpc) is 3.30. The molecule has 212 valence electrons. The second kappa shape index (κ2) is 15.2. The van der Waals surface area contributed by atoms with Gasteiger partial charge in [-0.15, -0.1) is 0 Å². The smallest absolute Gasteiger partial charge is 0.248 e. The Balaban J connectivity index is 0.000000396. The van der Waals surface area contributed by atoms with E-state index in [1.54, 1.807) is 12.3 Å². The molecule has 4 aromatic rings. The van der Waals surface area contributed by atoms with Crippen LogP contribution in [0.4, 0.5) is 20.3 Å². The van der Waals surface area contributed by atoms with Crippen molar-refractivity contribution in [2.45, 2.75) is 53.4 Å². The number of rotatable bonds is 8. The molecule has 10 heteroatoms. The number of nitrogens with one attached hydrogen (secondary N) is 2. The fourth-order valence-electron chi connectivity index (χ4n) is 3.68. The van der Waals surface area contributed by atoms with E-state index < -0.39 is 5.92 Å². The van der Waals surface area contributed by atoms with E-state index in [9.17, 15) is 8.78 Å². The normalized spacial score (nSPS) is 11.2. The highest BCUT2D eigenvalue weighted by Gasteiger charge is 2.26. The Morgan fingerprint density at radius 2 is 1.85 bits per heavy atom. The molecule has 0 fully saturated rings. The summed E-state index contributed by atoms with van der Waals surface area (Å²) in [6.07, 6.45) is 3.57. The SMILES string of the molecule is CC=O.CCC(F)(F)CC(C)C.Cc1cc2ccc(-c3nccc(Nc4ccc(/C(C=N)=N/N)cc4)n3)cc2o1. The molecule has 0 bridgehead atoms. The molecule has 2 aromatic heterocycles. The molecule has 0 atom stereocenters. The van der Waals surface area contributed by atoms with Gasteiger partial charge in [0.2, 0.25) is 5.92 Å². The van der Waals surface area contributed by atoms with Crippen molar-refractivity contribution in [3.05, 3.63) is 72.1 Å². The fraction of sp³-hybridized carbons (Fsp3) is 0.300. The van der Waals surface area contributed by atoms with Gasteiger partial charge in [0.15, 0.2) is 5.82 Å². The number of furan rings is 1. The van der Waals surface area contributed by atoms with Crippen molar-refractivity contribution < 1.29 is 18.0 Å². The minimum absolute atomic E-state index is 0.0174. The number of aromatic nitrogens is 2. The van der Waals surface area contributed by atoms with Gasteiger partial charge in [0.1, 0.15) is 29.2 Å². The summed E-state index contributed by atoms with van der Waals surface area (Å²) in [4.78, 5) is 17.8. The summed E-state index contributed by atoms with van der Waals surface area (Å²) in [7, 11) is 0. The second-order valence-corrected chi connectivity index (χ2v) is 9.28. The summed E-state index contributed by atoms with van der Waals surface area (Å²) < 4.78 is 30.5. The maximum Gasteiger partial charge on any atom is 0.248 e. The van der Waals surface area contributed by atoms with Crippen LogP contribution in [0.1, 0.15) is 51.9 Å². The number of nitrogens with zero attached hydrogens (tertiary/aromatic N) is 3. The van der Waals surface area contributed by atoms with Crippen molar-refractivity contribution in [1.29, 1.82) is 5.41 Å². The number of hydrogen-bond donors (Lipinski definition) is 3. The van der Waals surface area contributed by atoms with Crippen LogP contribution in [0.3, 0.4) is 0 Å². The van der Waals surface area contributed by atoms with Gasteiger partial charge in [-0.3, -0.25) is 0 Å². The van der Waals surface area contributed by atoms with Crippen LogP contribution in [0, 0.1) is 18.3 Å². The van der Waals surface area contributed by atoms with Crippen LogP contribution in [0.5, 0.6) is 0 Å². The number of hydrazone groups is 1. The maximum absolute atomic E-state index is 12.4. The Morgan fingerprint density at radius 1 is 1.18 bits per heavy atom. The van der Waals surface area contributed by atoms with Crippen LogP contribution >= 0.6 is 0 Å². The summed E-state index contributed by atoms with van der Waals surface area (Å²) in [6.45, 7) is 8.51. The molecule has 0 spiro atoms. The lowest BCUT2D eigenvalue weighted by Gasteiger charge is -2.15. The molecule has 0 aliphatic heterocycles. The average molecular weight is 551 g/mol. The zero-order valence-electron chi connectivity index (χ0n) is 23.4. The van der Waals surface area contributed by atoms with Crippen molar-refractivity contribution >= 4 is 40.7 Å². The second-order valence-electron chi connectivity index (χ2n) is 9.28. The van der Waals surface area contributed by atoms with Gasteiger partial charge in [-0.1, -0.05) is 45.0 Å². The van der Waals surface area contributed by atoms with Gasteiger partial charge in [-0.25, -0.2) is 18.7 Å². The van der Waals surface area contributed by atoms with Gasteiger partial charge in [0.05, 0.1) is 0 Å². The lowest BCUT2D eigenvalue weighted by molar-refractivity contribution is -0.106. The van der Waals surface area contributed by atoms with E-state index in [2.05, 4.69) is 20.4 Å². The minimum atomic E-state index is -2.44. The number of nitrogens with two attached hydrogens (primary N) is 1. The van der Waals surface area contributed by atoms with Gasteiger partial charge in [0, 0.05) is 47.5 Å². The Labute approximate surface area is 233 Å². The third-order valence-corrected chi connectivity index (χ3v) is 5.51. The number of carbonyl (C=O) groups is 1. The van der Waals surface area contributed by atoms with Crippen LogP contribution in [0.2, 0.25) is 0 Å². The first kappa shape index (κ1) is 31.7. The molecule has 2 heterocycles. The van der Waals surface area contributed by atoms with Crippen LogP contribution in [0.25, 0.3) is 22.4 Å². The number of halogens is 2. The molecule has 0 amide bonds. The quantitative estimate of drug-likeness (QED) is 0.0899. The Kier molecular flexibility index (Phi) is 12.1. The largest absolute Gasteiger partial charge is 0.461 e. The Bertz CT molecular complexity index is 1420. The molecule has 8 nitrogen and oxygen atoms in total. The zero-order chi connectivity index (χ0) is 29.7. The molecular formula is C30H36F2N6O2. The van der Waals surface area contributed by atoms with E-state index in [4.69, 9.17) is 20.5 Å². The Morgan fingerprint density at radius 3 is 2.40 bits per heavy atom. The van der Waals surface area contributed by atoms with Gasteiger partial charge >= 0.3 is 0 Å². The van der Waals surface area contributed by atoms with E-state index in [-0.39, 0.29) is 18.8 Å². The predicted octanol–water partition coefficient (Wildman–Crippen LogP) is 7.54. The van der Waals surface area contributed by atoms with Crippen LogP contribution in [0.15, 0.2) is 70.3 Å². The van der Waals surface area contributed by atoms with Gasteiger partial charge in [-0.05, 0) is 50.1 Å². The highest BCUT2D eigenvalue weighted by molar-refractivity contribution is 6.37. The molecule has 0 aliphatic rings. The maximum atomic E-state index is 12.4. The molecule has 4 rings (SSSR count). The van der Waals surface area contributed by atoms with Crippen molar-refractivity contribution in [3.8, 4) is 11.4 Å². The first-order chi connectivity index (χ1) is 19.0.